The molecule has 1 saturated heterocycles. The number of carbonyl (C=O) groups excluding carboxylic acids is 1. The fourth-order valence-corrected chi connectivity index (χ4v) is 5.48. The minimum atomic E-state index is -0.849. The van der Waals surface area contributed by atoms with Gasteiger partial charge in [0.05, 0.1) is 11.3 Å². The number of likely N-dealkylation sites (tertiary alicyclic amines) is 1. The van der Waals surface area contributed by atoms with E-state index in [0.29, 0.717) is 35.7 Å². The minimum Gasteiger partial charge on any atom is -0.364 e. The van der Waals surface area contributed by atoms with Gasteiger partial charge in [-0.1, -0.05) is 0 Å². The van der Waals surface area contributed by atoms with Crippen molar-refractivity contribution in [3.63, 3.8) is 0 Å². The molecule has 3 heterocycles. The van der Waals surface area contributed by atoms with Gasteiger partial charge in [-0.25, -0.2) is 13.8 Å². The number of anilines is 1. The number of nitriles is 1. The molecule has 1 atom stereocenters. The topological polar surface area (TPSA) is 85.2 Å². The van der Waals surface area contributed by atoms with Crippen LogP contribution in [0.25, 0.3) is 0 Å². The van der Waals surface area contributed by atoms with Crippen LogP contribution in [0.2, 0.25) is 0 Å². The van der Waals surface area contributed by atoms with Crippen molar-refractivity contribution in [3.8, 4) is 6.07 Å². The quantitative estimate of drug-likeness (QED) is 0.396. The van der Waals surface area contributed by atoms with Crippen molar-refractivity contribution < 1.29 is 13.6 Å². The summed E-state index contributed by atoms with van der Waals surface area (Å²) < 4.78 is 27.9. The number of rotatable bonds is 9. The van der Waals surface area contributed by atoms with Gasteiger partial charge in [-0.05, 0) is 87.9 Å². The fourth-order valence-electron chi connectivity index (χ4n) is 5.48. The first-order valence-electron chi connectivity index (χ1n) is 13.7. The zero-order valence-corrected chi connectivity index (χ0v) is 23.5. The molecule has 1 fully saturated rings. The van der Waals surface area contributed by atoms with Crippen LogP contribution in [0.5, 0.6) is 0 Å². The molecule has 1 unspecified atom stereocenters. The van der Waals surface area contributed by atoms with Gasteiger partial charge in [-0.3, -0.25) is 9.78 Å². The lowest BCUT2D eigenvalue weighted by molar-refractivity contribution is 0.0943. The number of hydrogen-bond donors (Lipinski definition) is 1. The third-order valence-corrected chi connectivity index (χ3v) is 7.87. The molecule has 0 saturated carbocycles. The molecular formula is C31H36F2N6O. The number of benzene rings is 1. The van der Waals surface area contributed by atoms with Gasteiger partial charge in [0.15, 0.2) is 11.6 Å². The molecule has 0 bridgehead atoms. The number of nitrogens with one attached hydrogen (secondary N) is 1. The average Bonchev–Trinajstić information content (AvgIpc) is 2.94. The summed E-state index contributed by atoms with van der Waals surface area (Å²) in [5.74, 6) is -1.87. The molecule has 1 aliphatic heterocycles. The highest BCUT2D eigenvalue weighted by Crippen LogP contribution is 2.28. The van der Waals surface area contributed by atoms with Gasteiger partial charge < -0.3 is 15.1 Å². The maximum absolute atomic E-state index is 14.2. The molecule has 3 aromatic rings. The molecule has 1 N–H and O–H groups in total. The van der Waals surface area contributed by atoms with Crippen molar-refractivity contribution in [3.05, 3.63) is 88.0 Å². The monoisotopic (exact) mass is 546 g/mol. The Bertz CT molecular complexity index is 1370. The first-order valence-corrected chi connectivity index (χ1v) is 13.7. The SMILES string of the molecule is Cc1ccncc1CN(c1ccc(F)c(F)c1)C1CCN(C(C)CCNC(=O)c2c(C)cc(C#N)nc2C)CC1. The summed E-state index contributed by atoms with van der Waals surface area (Å²) in [6, 6.07) is 10.2. The van der Waals surface area contributed by atoms with Crippen molar-refractivity contribution >= 4 is 11.6 Å². The van der Waals surface area contributed by atoms with E-state index in [1.807, 2.05) is 32.2 Å². The lowest BCUT2D eigenvalue weighted by atomic mass is 9.99. The molecular weight excluding hydrogens is 510 g/mol. The molecule has 0 aliphatic carbocycles. The standard InChI is InChI=1S/C31H36F2N6O/c1-20-7-11-35-18-24(20)19-39(27-5-6-28(32)29(33)16-27)26-9-13-38(14-10-26)22(3)8-12-36-31(40)30-21(2)15-25(17-34)37-23(30)4/h5-7,11,15-16,18,22,26H,8-10,12-14,19H2,1-4H3,(H,36,40). The zero-order valence-electron chi connectivity index (χ0n) is 23.5. The van der Waals surface area contributed by atoms with E-state index in [0.717, 1.165) is 49.0 Å². The molecule has 1 aliphatic rings. The van der Waals surface area contributed by atoms with E-state index < -0.39 is 11.6 Å². The van der Waals surface area contributed by atoms with Gasteiger partial charge in [0.1, 0.15) is 11.8 Å². The van der Waals surface area contributed by atoms with Crippen LogP contribution in [-0.2, 0) is 6.54 Å². The first kappa shape index (κ1) is 29.1. The molecule has 0 radical (unpaired) electrons. The van der Waals surface area contributed by atoms with E-state index in [2.05, 4.69) is 32.0 Å². The normalized spacial score (nSPS) is 14.9. The second-order valence-electron chi connectivity index (χ2n) is 10.6. The highest BCUT2D eigenvalue weighted by atomic mass is 19.2. The van der Waals surface area contributed by atoms with E-state index in [9.17, 15) is 13.6 Å². The number of nitrogens with zero attached hydrogens (tertiary/aromatic N) is 5. The van der Waals surface area contributed by atoms with Gasteiger partial charge in [-0.2, -0.15) is 5.26 Å². The van der Waals surface area contributed by atoms with Crippen LogP contribution in [0, 0.1) is 43.7 Å². The van der Waals surface area contributed by atoms with Crippen molar-refractivity contribution in [2.45, 2.75) is 65.6 Å². The Morgan fingerprint density at radius 3 is 2.55 bits per heavy atom. The number of aromatic nitrogens is 2. The predicted octanol–water partition coefficient (Wildman–Crippen LogP) is 5.23. The van der Waals surface area contributed by atoms with Gasteiger partial charge >= 0.3 is 0 Å². The van der Waals surface area contributed by atoms with Gasteiger partial charge in [0.2, 0.25) is 0 Å². The van der Waals surface area contributed by atoms with Crippen LogP contribution in [0.1, 0.15) is 64.6 Å². The molecule has 40 heavy (non-hydrogen) atoms. The number of carbonyl (C=O) groups is 1. The van der Waals surface area contributed by atoms with Crippen molar-refractivity contribution in [1.29, 1.82) is 5.26 Å². The summed E-state index contributed by atoms with van der Waals surface area (Å²) in [5, 5.41) is 12.1. The summed E-state index contributed by atoms with van der Waals surface area (Å²) in [5.41, 5.74) is 4.95. The van der Waals surface area contributed by atoms with Crippen LogP contribution < -0.4 is 10.2 Å². The van der Waals surface area contributed by atoms with Crippen LogP contribution in [0.4, 0.5) is 14.5 Å². The Kier molecular flexibility index (Phi) is 9.43. The van der Waals surface area contributed by atoms with Gasteiger partial charge in [-0.15, -0.1) is 0 Å². The third-order valence-electron chi connectivity index (χ3n) is 7.87. The Hall–Kier alpha value is -3.90. The fraction of sp³-hybridized carbons (Fsp3) is 0.419. The predicted molar refractivity (Wildman–Crippen MR) is 151 cm³/mol. The second kappa shape index (κ2) is 13.0. The molecule has 7 nitrogen and oxygen atoms in total. The maximum atomic E-state index is 14.2. The zero-order chi connectivity index (χ0) is 28.8. The average molecular weight is 547 g/mol. The van der Waals surface area contributed by atoms with E-state index in [1.54, 1.807) is 25.3 Å². The molecule has 9 heteroatoms. The summed E-state index contributed by atoms with van der Waals surface area (Å²) in [6.45, 7) is 10.6. The molecule has 4 rings (SSSR count). The molecule has 1 aromatic carbocycles. The molecule has 0 spiro atoms. The smallest absolute Gasteiger partial charge is 0.253 e. The van der Waals surface area contributed by atoms with E-state index >= 15 is 0 Å². The number of hydrogen-bond acceptors (Lipinski definition) is 6. The Labute approximate surface area is 234 Å². The Balaban J connectivity index is 1.35. The first-order chi connectivity index (χ1) is 19.2. The van der Waals surface area contributed by atoms with E-state index in [-0.39, 0.29) is 18.0 Å². The third kappa shape index (κ3) is 6.80. The number of pyridine rings is 2. The Morgan fingerprint density at radius 2 is 1.90 bits per heavy atom. The number of aryl methyl sites for hydroxylation is 3. The molecule has 2 aromatic heterocycles. The van der Waals surface area contributed by atoms with Gasteiger partial charge in [0.25, 0.3) is 5.91 Å². The highest BCUT2D eigenvalue weighted by Gasteiger charge is 2.28. The van der Waals surface area contributed by atoms with Crippen LogP contribution in [0.3, 0.4) is 0 Å². The number of piperidine rings is 1. The lowest BCUT2D eigenvalue weighted by Gasteiger charge is -2.42. The van der Waals surface area contributed by atoms with Gasteiger partial charge in [0, 0.05) is 62.4 Å². The summed E-state index contributed by atoms with van der Waals surface area (Å²) in [4.78, 5) is 25.9. The number of amides is 1. The highest BCUT2D eigenvalue weighted by molar-refractivity contribution is 5.96. The van der Waals surface area contributed by atoms with Crippen molar-refractivity contribution in [2.24, 2.45) is 0 Å². The largest absolute Gasteiger partial charge is 0.364 e. The summed E-state index contributed by atoms with van der Waals surface area (Å²) >= 11 is 0. The minimum absolute atomic E-state index is 0.169. The van der Waals surface area contributed by atoms with Crippen molar-refractivity contribution in [1.82, 2.24) is 20.2 Å². The number of halogens is 2. The summed E-state index contributed by atoms with van der Waals surface area (Å²) in [7, 11) is 0. The Morgan fingerprint density at radius 1 is 1.15 bits per heavy atom. The molecule has 1 amide bonds. The lowest BCUT2D eigenvalue weighted by Crippen LogP contribution is -2.48. The second-order valence-corrected chi connectivity index (χ2v) is 10.6. The maximum Gasteiger partial charge on any atom is 0.253 e. The van der Waals surface area contributed by atoms with E-state index in [4.69, 9.17) is 5.26 Å². The summed E-state index contributed by atoms with van der Waals surface area (Å²) in [6.07, 6.45) is 6.14. The van der Waals surface area contributed by atoms with Crippen molar-refractivity contribution in [2.75, 3.05) is 24.5 Å². The van der Waals surface area contributed by atoms with Crippen LogP contribution in [0.15, 0.2) is 42.7 Å². The van der Waals surface area contributed by atoms with E-state index in [1.165, 1.54) is 12.1 Å². The van der Waals surface area contributed by atoms with Crippen LogP contribution in [-0.4, -0.2) is 52.5 Å². The molecule has 210 valence electrons. The van der Waals surface area contributed by atoms with Crippen LogP contribution >= 0.6 is 0 Å².